The fourth-order valence-electron chi connectivity index (χ4n) is 4.90. The van der Waals surface area contributed by atoms with Crippen molar-refractivity contribution in [1.29, 1.82) is 0 Å². The highest BCUT2D eigenvalue weighted by Crippen LogP contribution is 2.42. The summed E-state index contributed by atoms with van der Waals surface area (Å²) in [6.07, 6.45) is 4.17. The van der Waals surface area contributed by atoms with Gasteiger partial charge in [0, 0.05) is 36.8 Å². The summed E-state index contributed by atoms with van der Waals surface area (Å²) < 4.78 is 0. The number of H-pyrrole nitrogens is 1. The molecule has 5 rings (SSSR count). The molecule has 4 heterocycles. The Morgan fingerprint density at radius 3 is 2.83 bits per heavy atom. The van der Waals surface area contributed by atoms with E-state index in [1.54, 1.807) is 11.6 Å². The van der Waals surface area contributed by atoms with Gasteiger partial charge in [-0.3, -0.25) is 20.0 Å². The van der Waals surface area contributed by atoms with Gasteiger partial charge >= 0.3 is 0 Å². The Morgan fingerprint density at radius 1 is 1.31 bits per heavy atom. The van der Waals surface area contributed by atoms with Crippen molar-refractivity contribution in [1.82, 2.24) is 30.0 Å². The van der Waals surface area contributed by atoms with Crippen molar-refractivity contribution in [3.05, 3.63) is 34.1 Å². The number of fused-ring (bicyclic) bond motifs is 3. The molecular weight excluding hydrogens is 468 g/mol. The van der Waals surface area contributed by atoms with Crippen molar-refractivity contribution in [3.63, 3.8) is 0 Å². The molecule has 11 nitrogen and oxygen atoms in total. The van der Waals surface area contributed by atoms with E-state index in [0.717, 1.165) is 24.0 Å². The number of aromatic nitrogens is 5. The smallest absolute Gasteiger partial charge is 0.278 e. The Morgan fingerprint density at radius 2 is 2.09 bits per heavy atom. The molecule has 12 heteroatoms. The van der Waals surface area contributed by atoms with Gasteiger partial charge in [-0.1, -0.05) is 13.8 Å². The predicted molar refractivity (Wildman–Crippen MR) is 131 cm³/mol. The molecule has 1 fully saturated rings. The highest BCUT2D eigenvalue weighted by atomic mass is 32.1. The number of aromatic amines is 1. The number of amides is 2. The second-order valence-electron chi connectivity index (χ2n) is 9.77. The van der Waals surface area contributed by atoms with Crippen LogP contribution >= 0.6 is 11.3 Å². The number of carbonyl (C=O) groups excluding carboxylic acids is 2. The average molecular weight is 497 g/mol. The number of likely N-dealkylation sites (tertiary alicyclic amines) is 1. The molecule has 0 spiro atoms. The molecule has 3 aromatic rings. The third kappa shape index (κ3) is 4.50. The van der Waals surface area contributed by atoms with E-state index in [1.165, 1.54) is 11.3 Å². The van der Waals surface area contributed by atoms with E-state index >= 15 is 0 Å². The lowest BCUT2D eigenvalue weighted by Crippen LogP contribution is -2.40. The van der Waals surface area contributed by atoms with Crippen LogP contribution in [0.5, 0.6) is 0 Å². The zero-order valence-corrected chi connectivity index (χ0v) is 20.5. The van der Waals surface area contributed by atoms with E-state index in [1.807, 2.05) is 18.7 Å². The molecular formula is C23H28N8O3S. The molecule has 2 aliphatic rings. The number of nitrogens with zero attached hydrogens (tertiary/aromatic N) is 5. The number of carbonyl (C=O) groups is 2. The number of rotatable bonds is 5. The average Bonchev–Trinajstić information content (AvgIpc) is 3.47. The quantitative estimate of drug-likeness (QED) is 0.415. The van der Waals surface area contributed by atoms with Crippen molar-refractivity contribution in [3.8, 4) is 11.4 Å². The summed E-state index contributed by atoms with van der Waals surface area (Å²) in [7, 11) is 0. The fraction of sp³-hybridized carbons (Fsp3) is 0.478. The molecule has 0 aromatic carbocycles. The standard InChI is InChI=1S/C23H28N8O3S/c1-23(2)8-13-9-25-21(24)27-17(13)18-16(23)19(30-29-18)20(34)28-22-26-14(11-35-22)7-15(33)31-5-3-12(10-32)4-6-31/h9,11-12,32H,3-8,10H2,1-2H3,(H,29,30)(H2,24,25,27)(H,26,28,34). The largest absolute Gasteiger partial charge is 0.396 e. The summed E-state index contributed by atoms with van der Waals surface area (Å²) in [6.45, 7) is 5.57. The molecule has 0 radical (unpaired) electrons. The summed E-state index contributed by atoms with van der Waals surface area (Å²) in [5.74, 6) is 0.0702. The first-order valence-corrected chi connectivity index (χ1v) is 12.5. The lowest BCUT2D eigenvalue weighted by molar-refractivity contribution is -0.132. The van der Waals surface area contributed by atoms with Crippen LogP contribution in [0.1, 0.15) is 54.0 Å². The second kappa shape index (κ2) is 9.00. The van der Waals surface area contributed by atoms with E-state index < -0.39 is 0 Å². The lowest BCUT2D eigenvalue weighted by atomic mass is 9.73. The van der Waals surface area contributed by atoms with Crippen LogP contribution in [-0.2, 0) is 23.1 Å². The summed E-state index contributed by atoms with van der Waals surface area (Å²) in [6, 6.07) is 0. The van der Waals surface area contributed by atoms with Crippen LogP contribution in [0.25, 0.3) is 11.4 Å². The number of hydrogen-bond acceptors (Lipinski definition) is 9. The minimum Gasteiger partial charge on any atom is -0.396 e. The van der Waals surface area contributed by atoms with E-state index in [9.17, 15) is 14.7 Å². The van der Waals surface area contributed by atoms with Gasteiger partial charge in [-0.05, 0) is 36.2 Å². The predicted octanol–water partition coefficient (Wildman–Crippen LogP) is 1.76. The summed E-state index contributed by atoms with van der Waals surface area (Å²) >= 11 is 1.27. The molecule has 0 atom stereocenters. The minimum absolute atomic E-state index is 0.00705. The monoisotopic (exact) mass is 496 g/mol. The van der Waals surface area contributed by atoms with Gasteiger partial charge in [0.25, 0.3) is 5.91 Å². The van der Waals surface area contributed by atoms with Crippen molar-refractivity contribution in [2.24, 2.45) is 5.92 Å². The summed E-state index contributed by atoms with van der Waals surface area (Å²) in [5.41, 5.74) is 9.38. The molecule has 0 unspecified atom stereocenters. The summed E-state index contributed by atoms with van der Waals surface area (Å²) in [5, 5.41) is 21.6. The first-order valence-electron chi connectivity index (χ1n) is 11.6. The van der Waals surface area contributed by atoms with E-state index in [4.69, 9.17) is 5.73 Å². The second-order valence-corrected chi connectivity index (χ2v) is 10.6. The van der Waals surface area contributed by atoms with Gasteiger partial charge in [-0.2, -0.15) is 5.10 Å². The number of nitrogen functional groups attached to an aromatic ring is 1. The molecule has 0 bridgehead atoms. The van der Waals surface area contributed by atoms with Crippen LogP contribution in [0.4, 0.5) is 11.1 Å². The highest BCUT2D eigenvalue weighted by Gasteiger charge is 2.38. The third-order valence-corrected chi connectivity index (χ3v) is 7.55. The number of nitrogens with one attached hydrogen (secondary N) is 2. The molecule has 5 N–H and O–H groups in total. The van der Waals surface area contributed by atoms with Crippen molar-refractivity contribution in [2.45, 2.75) is 44.9 Å². The molecule has 1 aliphatic carbocycles. The van der Waals surface area contributed by atoms with Crippen molar-refractivity contribution >= 4 is 34.2 Å². The maximum Gasteiger partial charge on any atom is 0.278 e. The number of piperidine rings is 1. The number of aliphatic hydroxyl groups is 1. The molecule has 3 aromatic heterocycles. The lowest BCUT2D eigenvalue weighted by Gasteiger charge is -2.31. The van der Waals surface area contributed by atoms with Crippen LogP contribution in [0.15, 0.2) is 11.6 Å². The Balaban J connectivity index is 1.29. The van der Waals surface area contributed by atoms with Crippen LogP contribution in [0.2, 0.25) is 0 Å². The molecule has 2 amide bonds. The number of nitrogens with two attached hydrogens (primary N) is 1. The van der Waals surface area contributed by atoms with Crippen molar-refractivity contribution in [2.75, 3.05) is 30.7 Å². The van der Waals surface area contributed by atoms with Crippen LogP contribution in [-0.4, -0.2) is 66.7 Å². The van der Waals surface area contributed by atoms with Gasteiger partial charge in [0.1, 0.15) is 0 Å². The van der Waals surface area contributed by atoms with Gasteiger partial charge in [0.2, 0.25) is 11.9 Å². The first kappa shape index (κ1) is 23.4. The Kier molecular flexibility index (Phi) is 6.01. The van der Waals surface area contributed by atoms with E-state index in [0.29, 0.717) is 41.7 Å². The molecule has 35 heavy (non-hydrogen) atoms. The number of aliphatic hydroxyl groups excluding tert-OH is 1. The van der Waals surface area contributed by atoms with E-state index in [-0.39, 0.29) is 47.8 Å². The Hall–Kier alpha value is -3.38. The van der Waals surface area contributed by atoms with Gasteiger partial charge in [-0.15, -0.1) is 11.3 Å². The minimum atomic E-state index is -0.376. The molecule has 1 aliphatic heterocycles. The van der Waals surface area contributed by atoms with Crippen LogP contribution in [0, 0.1) is 5.92 Å². The Labute approximate surface area is 206 Å². The van der Waals surface area contributed by atoms with Crippen LogP contribution < -0.4 is 11.1 Å². The van der Waals surface area contributed by atoms with Gasteiger partial charge < -0.3 is 15.7 Å². The maximum atomic E-state index is 13.2. The zero-order valence-electron chi connectivity index (χ0n) is 19.7. The number of hydrogen-bond donors (Lipinski definition) is 4. The number of thiazole rings is 1. The van der Waals surface area contributed by atoms with Gasteiger partial charge in [0.05, 0.1) is 23.5 Å². The first-order chi connectivity index (χ1) is 16.7. The van der Waals surface area contributed by atoms with Gasteiger partial charge in [-0.25, -0.2) is 15.0 Å². The fourth-order valence-corrected chi connectivity index (χ4v) is 5.61. The van der Waals surface area contributed by atoms with Gasteiger partial charge in [0.15, 0.2) is 10.8 Å². The molecule has 0 saturated carbocycles. The van der Waals surface area contributed by atoms with Crippen LogP contribution in [0.3, 0.4) is 0 Å². The number of anilines is 2. The summed E-state index contributed by atoms with van der Waals surface area (Å²) in [4.78, 5) is 40.5. The Bertz CT molecular complexity index is 1280. The molecule has 1 saturated heterocycles. The topological polar surface area (TPSA) is 163 Å². The zero-order chi connectivity index (χ0) is 24.7. The molecule has 184 valence electrons. The van der Waals surface area contributed by atoms with E-state index in [2.05, 4.69) is 30.5 Å². The van der Waals surface area contributed by atoms with Crippen molar-refractivity contribution < 1.29 is 14.7 Å². The maximum absolute atomic E-state index is 13.2. The normalized spacial score (nSPS) is 17.1. The highest BCUT2D eigenvalue weighted by molar-refractivity contribution is 7.14. The third-order valence-electron chi connectivity index (χ3n) is 6.74. The SMILES string of the molecule is CC1(C)Cc2cnc(N)nc2-c2[nH]nc(C(=O)Nc3nc(CC(=O)N4CCC(CO)CC4)cs3)c21.